The number of hydrogen-bond acceptors (Lipinski definition) is 5. The van der Waals surface area contributed by atoms with Gasteiger partial charge < -0.3 is 11.1 Å². The number of aromatic nitrogens is 2. The van der Waals surface area contributed by atoms with Crippen molar-refractivity contribution in [3.8, 4) is 0 Å². The lowest BCUT2D eigenvalue weighted by Crippen LogP contribution is -2.20. The molecule has 2 rings (SSSR count). The van der Waals surface area contributed by atoms with Crippen molar-refractivity contribution in [2.24, 2.45) is 5.73 Å². The highest BCUT2D eigenvalue weighted by Crippen LogP contribution is 2.25. The Bertz CT molecular complexity index is 516. The van der Waals surface area contributed by atoms with Gasteiger partial charge in [-0.1, -0.05) is 51.1 Å². The molecule has 3 N–H and O–H groups in total. The number of nitrogens with two attached hydrogens (primary N) is 1. The minimum Gasteiger partial charge on any atom is -0.352 e. The summed E-state index contributed by atoms with van der Waals surface area (Å²) < 4.78 is 4.40. The highest BCUT2D eigenvalue weighted by Gasteiger charge is 2.20. The van der Waals surface area contributed by atoms with Crippen LogP contribution in [-0.2, 0) is 5.41 Å². The number of nitrogens with one attached hydrogen (secondary N) is 1. The van der Waals surface area contributed by atoms with Crippen LogP contribution in [-0.4, -0.2) is 15.9 Å². The molecule has 1 aromatic heterocycles. The first-order valence-electron chi connectivity index (χ1n) is 6.36. The van der Waals surface area contributed by atoms with Gasteiger partial charge in [-0.15, -0.1) is 0 Å². The molecular formula is C14H20N4S. The van der Waals surface area contributed by atoms with Gasteiger partial charge in [0.25, 0.3) is 0 Å². The average molecular weight is 276 g/mol. The fourth-order valence-corrected chi connectivity index (χ4v) is 2.51. The molecule has 1 aromatic carbocycles. The van der Waals surface area contributed by atoms with E-state index in [4.69, 9.17) is 5.73 Å². The van der Waals surface area contributed by atoms with Gasteiger partial charge in [0.2, 0.25) is 5.13 Å². The molecule has 102 valence electrons. The van der Waals surface area contributed by atoms with E-state index in [0.717, 1.165) is 16.5 Å². The van der Waals surface area contributed by atoms with E-state index in [1.54, 1.807) is 0 Å². The summed E-state index contributed by atoms with van der Waals surface area (Å²) in [6.07, 6.45) is 0. The third kappa shape index (κ3) is 3.52. The standard InChI is InChI=1S/C14H20N4S/c1-14(2,3)12-17-13(19-18-12)16-11(9-15)10-7-5-4-6-8-10/h4-8,11H,9,15H2,1-3H3,(H,16,17,18). The summed E-state index contributed by atoms with van der Waals surface area (Å²) in [5.74, 6) is 0.865. The maximum absolute atomic E-state index is 5.84. The lowest BCUT2D eigenvalue weighted by atomic mass is 9.96. The second-order valence-electron chi connectivity index (χ2n) is 5.52. The van der Waals surface area contributed by atoms with Crippen LogP contribution < -0.4 is 11.1 Å². The van der Waals surface area contributed by atoms with Crippen LogP contribution in [0.1, 0.15) is 38.2 Å². The minimum atomic E-state index is -0.0264. The van der Waals surface area contributed by atoms with Crippen LogP contribution in [0.5, 0.6) is 0 Å². The molecule has 5 heteroatoms. The van der Waals surface area contributed by atoms with Crippen molar-refractivity contribution in [1.29, 1.82) is 0 Å². The third-order valence-electron chi connectivity index (χ3n) is 2.83. The molecule has 0 saturated carbocycles. The van der Waals surface area contributed by atoms with Gasteiger partial charge in [0.1, 0.15) is 5.82 Å². The molecule has 0 saturated heterocycles. The van der Waals surface area contributed by atoms with Crippen molar-refractivity contribution in [1.82, 2.24) is 9.36 Å². The Hall–Kier alpha value is -1.46. The highest BCUT2D eigenvalue weighted by molar-refractivity contribution is 7.09. The minimum absolute atomic E-state index is 0.0264. The molecule has 0 bridgehead atoms. The molecule has 0 radical (unpaired) electrons. The van der Waals surface area contributed by atoms with E-state index in [9.17, 15) is 0 Å². The molecule has 0 aliphatic heterocycles. The number of hydrogen-bond donors (Lipinski definition) is 2. The number of nitrogens with zero attached hydrogens (tertiary/aromatic N) is 2. The van der Waals surface area contributed by atoms with Gasteiger partial charge in [0, 0.05) is 23.5 Å². The zero-order valence-corrected chi connectivity index (χ0v) is 12.4. The van der Waals surface area contributed by atoms with Crippen LogP contribution in [0.3, 0.4) is 0 Å². The Morgan fingerprint density at radius 1 is 1.26 bits per heavy atom. The molecule has 1 atom stereocenters. The fourth-order valence-electron chi connectivity index (χ4n) is 1.70. The SMILES string of the molecule is CC(C)(C)c1nsc(NC(CN)c2ccccc2)n1. The van der Waals surface area contributed by atoms with E-state index in [1.165, 1.54) is 11.5 Å². The Balaban J connectivity index is 2.13. The normalized spacial score (nSPS) is 13.3. The maximum atomic E-state index is 5.84. The Morgan fingerprint density at radius 3 is 2.47 bits per heavy atom. The molecule has 0 aliphatic rings. The summed E-state index contributed by atoms with van der Waals surface area (Å²) in [5, 5.41) is 4.18. The maximum Gasteiger partial charge on any atom is 0.203 e. The lowest BCUT2D eigenvalue weighted by molar-refractivity contribution is 0.555. The van der Waals surface area contributed by atoms with Crippen molar-refractivity contribution in [2.45, 2.75) is 32.2 Å². The van der Waals surface area contributed by atoms with E-state index < -0.39 is 0 Å². The molecule has 1 heterocycles. The Labute approximate surface area is 118 Å². The van der Waals surface area contributed by atoms with Gasteiger partial charge in [-0.05, 0) is 5.56 Å². The molecule has 0 fully saturated rings. The van der Waals surface area contributed by atoms with Gasteiger partial charge in [0.05, 0.1) is 6.04 Å². The van der Waals surface area contributed by atoms with E-state index in [2.05, 4.69) is 47.6 Å². The van der Waals surface area contributed by atoms with Gasteiger partial charge in [-0.3, -0.25) is 0 Å². The van der Waals surface area contributed by atoms with Gasteiger partial charge in [-0.25, -0.2) is 4.98 Å². The molecule has 0 aliphatic carbocycles. The van der Waals surface area contributed by atoms with Crippen LogP contribution in [0.2, 0.25) is 0 Å². The Kier molecular flexibility index (Phi) is 4.17. The number of anilines is 1. The summed E-state index contributed by atoms with van der Waals surface area (Å²) in [7, 11) is 0. The predicted molar refractivity (Wildman–Crippen MR) is 80.5 cm³/mol. The fraction of sp³-hybridized carbons (Fsp3) is 0.429. The van der Waals surface area contributed by atoms with E-state index in [1.807, 2.05) is 18.2 Å². The Morgan fingerprint density at radius 2 is 1.95 bits per heavy atom. The third-order valence-corrected chi connectivity index (χ3v) is 3.48. The van der Waals surface area contributed by atoms with Crippen LogP contribution in [0.15, 0.2) is 30.3 Å². The van der Waals surface area contributed by atoms with Crippen molar-refractivity contribution in [3.05, 3.63) is 41.7 Å². The molecule has 0 amide bonds. The first kappa shape index (κ1) is 14.0. The molecule has 0 spiro atoms. The smallest absolute Gasteiger partial charge is 0.203 e. The van der Waals surface area contributed by atoms with Crippen LogP contribution >= 0.6 is 11.5 Å². The van der Waals surface area contributed by atoms with Crippen LogP contribution in [0.25, 0.3) is 0 Å². The van der Waals surface area contributed by atoms with E-state index >= 15 is 0 Å². The second-order valence-corrected chi connectivity index (χ2v) is 6.27. The zero-order valence-electron chi connectivity index (χ0n) is 11.6. The zero-order chi connectivity index (χ0) is 13.9. The lowest BCUT2D eigenvalue weighted by Gasteiger charge is -2.16. The first-order valence-corrected chi connectivity index (χ1v) is 7.14. The summed E-state index contributed by atoms with van der Waals surface area (Å²) in [4.78, 5) is 4.54. The molecule has 19 heavy (non-hydrogen) atoms. The molecular weight excluding hydrogens is 256 g/mol. The first-order chi connectivity index (χ1) is 9.00. The number of benzene rings is 1. The summed E-state index contributed by atoms with van der Waals surface area (Å²) in [5.41, 5.74) is 6.98. The predicted octanol–water partition coefficient (Wildman–Crippen LogP) is 2.95. The monoisotopic (exact) mass is 276 g/mol. The molecule has 4 nitrogen and oxygen atoms in total. The molecule has 2 aromatic rings. The molecule has 1 unspecified atom stereocenters. The van der Waals surface area contributed by atoms with E-state index in [-0.39, 0.29) is 11.5 Å². The van der Waals surface area contributed by atoms with Crippen LogP contribution in [0.4, 0.5) is 5.13 Å². The van der Waals surface area contributed by atoms with Crippen LogP contribution in [0, 0.1) is 0 Å². The van der Waals surface area contributed by atoms with Crippen molar-refractivity contribution in [3.63, 3.8) is 0 Å². The van der Waals surface area contributed by atoms with Crippen molar-refractivity contribution in [2.75, 3.05) is 11.9 Å². The van der Waals surface area contributed by atoms with Gasteiger partial charge in [-0.2, -0.15) is 4.37 Å². The van der Waals surface area contributed by atoms with E-state index in [0.29, 0.717) is 6.54 Å². The highest BCUT2D eigenvalue weighted by atomic mass is 32.1. The average Bonchev–Trinajstić information content (AvgIpc) is 2.85. The summed E-state index contributed by atoms with van der Waals surface area (Å²) in [6.45, 7) is 6.85. The van der Waals surface area contributed by atoms with Gasteiger partial charge in [0.15, 0.2) is 0 Å². The number of rotatable bonds is 4. The quantitative estimate of drug-likeness (QED) is 0.901. The topological polar surface area (TPSA) is 63.8 Å². The summed E-state index contributed by atoms with van der Waals surface area (Å²) in [6, 6.07) is 10.2. The summed E-state index contributed by atoms with van der Waals surface area (Å²) >= 11 is 1.39. The van der Waals surface area contributed by atoms with Crippen molar-refractivity contribution >= 4 is 16.7 Å². The largest absolute Gasteiger partial charge is 0.352 e. The van der Waals surface area contributed by atoms with Crippen molar-refractivity contribution < 1.29 is 0 Å². The second kappa shape index (κ2) is 5.67. The van der Waals surface area contributed by atoms with Gasteiger partial charge >= 0.3 is 0 Å².